The van der Waals surface area contributed by atoms with Gasteiger partial charge in [0, 0.05) is 29.3 Å². The smallest absolute Gasteiger partial charge is 0.132 e. The number of nitrogens with one attached hydrogen (secondary N) is 1. The predicted octanol–water partition coefficient (Wildman–Crippen LogP) is 3.96. The monoisotopic (exact) mass is 401 g/mol. The number of ether oxygens (including phenoxy) is 2. The summed E-state index contributed by atoms with van der Waals surface area (Å²) < 4.78 is 25.4. The first kappa shape index (κ1) is 16.2. The third kappa shape index (κ3) is 5.26. The Hall–Kier alpha value is -1.18. The van der Waals surface area contributed by atoms with Crippen molar-refractivity contribution in [1.29, 1.82) is 0 Å². The zero-order chi connectivity index (χ0) is 15.1. The Morgan fingerprint density at radius 1 is 1.14 bits per heavy atom. The van der Waals surface area contributed by atoms with E-state index in [0.29, 0.717) is 25.4 Å². The van der Waals surface area contributed by atoms with Gasteiger partial charge in [0.2, 0.25) is 0 Å². The molecule has 0 spiro atoms. The summed E-state index contributed by atoms with van der Waals surface area (Å²) in [6.07, 6.45) is 0. The van der Waals surface area contributed by atoms with E-state index < -0.39 is 0 Å². The van der Waals surface area contributed by atoms with Crippen molar-refractivity contribution < 1.29 is 13.9 Å². The zero-order valence-electron chi connectivity index (χ0n) is 11.7. The largest absolute Gasteiger partial charge is 0.457 e. The van der Waals surface area contributed by atoms with E-state index in [-0.39, 0.29) is 5.82 Å². The number of rotatable bonds is 7. The molecule has 3 nitrogen and oxygen atoms in total. The molecule has 1 N–H and O–H groups in total. The van der Waals surface area contributed by atoms with Gasteiger partial charge in [-0.25, -0.2) is 4.39 Å². The maximum Gasteiger partial charge on any atom is 0.132 e. The van der Waals surface area contributed by atoms with E-state index in [0.717, 1.165) is 14.9 Å². The van der Waals surface area contributed by atoms with Gasteiger partial charge in [-0.1, -0.05) is 0 Å². The molecule has 5 heteroatoms. The van der Waals surface area contributed by atoms with Gasteiger partial charge in [0.25, 0.3) is 0 Å². The topological polar surface area (TPSA) is 30.5 Å². The molecule has 0 aliphatic carbocycles. The molecule has 0 atom stereocenters. The van der Waals surface area contributed by atoms with E-state index in [9.17, 15) is 4.39 Å². The molecule has 21 heavy (non-hydrogen) atoms. The summed E-state index contributed by atoms with van der Waals surface area (Å²) in [6.45, 7) is 1.85. The Kier molecular flexibility index (Phi) is 6.41. The van der Waals surface area contributed by atoms with Crippen molar-refractivity contribution in [2.24, 2.45) is 0 Å². The number of hydrogen-bond donors (Lipinski definition) is 1. The third-order valence-corrected chi connectivity index (χ3v) is 3.58. The second-order valence-electron chi connectivity index (χ2n) is 4.48. The average molecular weight is 401 g/mol. The van der Waals surface area contributed by atoms with Crippen LogP contribution in [-0.2, 0) is 11.3 Å². The van der Waals surface area contributed by atoms with Crippen molar-refractivity contribution in [3.63, 3.8) is 0 Å². The molecule has 2 aromatic rings. The molecule has 2 rings (SSSR count). The molecule has 0 bridgehead atoms. The maximum absolute atomic E-state index is 13.4. The fourth-order valence-electron chi connectivity index (χ4n) is 1.81. The fraction of sp³-hybridized carbons (Fsp3) is 0.250. The molecule has 0 amide bonds. The van der Waals surface area contributed by atoms with Crippen LogP contribution in [0.15, 0.2) is 42.5 Å². The third-order valence-electron chi connectivity index (χ3n) is 2.86. The van der Waals surface area contributed by atoms with Crippen molar-refractivity contribution >= 4 is 22.6 Å². The van der Waals surface area contributed by atoms with Crippen LogP contribution in [0.4, 0.5) is 4.39 Å². The van der Waals surface area contributed by atoms with Gasteiger partial charge < -0.3 is 14.8 Å². The SMILES string of the molecule is COCCNCc1cc(F)ccc1Oc1ccc(I)cc1. The Bertz CT molecular complexity index is 575. The van der Waals surface area contributed by atoms with Gasteiger partial charge in [-0.05, 0) is 65.1 Å². The van der Waals surface area contributed by atoms with Crippen molar-refractivity contribution in [1.82, 2.24) is 5.32 Å². The van der Waals surface area contributed by atoms with E-state index in [1.165, 1.54) is 12.1 Å². The van der Waals surface area contributed by atoms with Gasteiger partial charge in [-0.15, -0.1) is 0 Å². The van der Waals surface area contributed by atoms with Gasteiger partial charge >= 0.3 is 0 Å². The van der Waals surface area contributed by atoms with Crippen LogP contribution in [0.5, 0.6) is 11.5 Å². The van der Waals surface area contributed by atoms with Crippen LogP contribution in [-0.4, -0.2) is 20.3 Å². The van der Waals surface area contributed by atoms with E-state index in [1.54, 1.807) is 13.2 Å². The minimum Gasteiger partial charge on any atom is -0.457 e. The summed E-state index contributed by atoms with van der Waals surface area (Å²) in [5, 5.41) is 3.19. The number of halogens is 2. The lowest BCUT2D eigenvalue weighted by Gasteiger charge is -2.12. The van der Waals surface area contributed by atoms with Crippen molar-refractivity contribution in [2.75, 3.05) is 20.3 Å². The molecular formula is C16H17FINO2. The minimum atomic E-state index is -0.270. The van der Waals surface area contributed by atoms with Crippen LogP contribution in [0, 0.1) is 9.39 Å². The quantitative estimate of drug-likeness (QED) is 0.563. The van der Waals surface area contributed by atoms with Crippen LogP contribution in [0.3, 0.4) is 0 Å². The van der Waals surface area contributed by atoms with Gasteiger partial charge in [0.15, 0.2) is 0 Å². The molecule has 0 aliphatic heterocycles. The second-order valence-corrected chi connectivity index (χ2v) is 5.72. The summed E-state index contributed by atoms with van der Waals surface area (Å²) in [4.78, 5) is 0. The molecule has 0 unspecified atom stereocenters. The average Bonchev–Trinajstić information content (AvgIpc) is 2.48. The number of hydrogen-bond acceptors (Lipinski definition) is 3. The van der Waals surface area contributed by atoms with Crippen LogP contribution in [0.25, 0.3) is 0 Å². The highest BCUT2D eigenvalue weighted by Crippen LogP contribution is 2.26. The van der Waals surface area contributed by atoms with Gasteiger partial charge in [-0.2, -0.15) is 0 Å². The van der Waals surface area contributed by atoms with E-state index in [1.807, 2.05) is 24.3 Å². The highest BCUT2D eigenvalue weighted by molar-refractivity contribution is 14.1. The molecule has 0 aliphatic rings. The second kappa shape index (κ2) is 8.31. The molecular weight excluding hydrogens is 384 g/mol. The Labute approximate surface area is 137 Å². The normalized spacial score (nSPS) is 10.6. The van der Waals surface area contributed by atoms with E-state index in [2.05, 4.69) is 27.9 Å². The van der Waals surface area contributed by atoms with Crippen LogP contribution < -0.4 is 10.1 Å². The lowest BCUT2D eigenvalue weighted by Crippen LogP contribution is -2.19. The van der Waals surface area contributed by atoms with Crippen molar-refractivity contribution in [3.8, 4) is 11.5 Å². The molecule has 0 aromatic heterocycles. The molecule has 0 heterocycles. The summed E-state index contributed by atoms with van der Waals surface area (Å²) in [6, 6.07) is 12.3. The summed E-state index contributed by atoms with van der Waals surface area (Å²) in [5.74, 6) is 1.12. The summed E-state index contributed by atoms with van der Waals surface area (Å²) >= 11 is 2.24. The molecule has 112 valence electrons. The zero-order valence-corrected chi connectivity index (χ0v) is 13.9. The highest BCUT2D eigenvalue weighted by Gasteiger charge is 2.07. The molecule has 2 aromatic carbocycles. The lowest BCUT2D eigenvalue weighted by atomic mass is 10.2. The summed E-state index contributed by atoms with van der Waals surface area (Å²) in [7, 11) is 1.65. The first-order valence-electron chi connectivity index (χ1n) is 6.60. The molecule has 0 saturated carbocycles. The van der Waals surface area contributed by atoms with Gasteiger partial charge in [0.1, 0.15) is 17.3 Å². The van der Waals surface area contributed by atoms with Crippen LogP contribution in [0.1, 0.15) is 5.56 Å². The number of benzene rings is 2. The highest BCUT2D eigenvalue weighted by atomic mass is 127. The standard InChI is InChI=1S/C16H17FINO2/c1-20-9-8-19-11-12-10-13(17)2-7-16(12)21-15-5-3-14(18)4-6-15/h2-7,10,19H,8-9,11H2,1H3. The summed E-state index contributed by atoms with van der Waals surface area (Å²) in [5.41, 5.74) is 0.782. The Morgan fingerprint density at radius 3 is 2.62 bits per heavy atom. The Balaban J connectivity index is 2.08. The van der Waals surface area contributed by atoms with E-state index >= 15 is 0 Å². The Morgan fingerprint density at radius 2 is 1.90 bits per heavy atom. The first-order valence-corrected chi connectivity index (χ1v) is 7.68. The van der Waals surface area contributed by atoms with Gasteiger partial charge in [0.05, 0.1) is 6.61 Å². The van der Waals surface area contributed by atoms with Gasteiger partial charge in [-0.3, -0.25) is 0 Å². The minimum absolute atomic E-state index is 0.270. The lowest BCUT2D eigenvalue weighted by molar-refractivity contribution is 0.199. The van der Waals surface area contributed by atoms with Crippen LogP contribution >= 0.6 is 22.6 Å². The first-order chi connectivity index (χ1) is 10.2. The predicted molar refractivity (Wildman–Crippen MR) is 89.2 cm³/mol. The number of methoxy groups -OCH3 is 1. The van der Waals surface area contributed by atoms with Crippen LogP contribution in [0.2, 0.25) is 0 Å². The van der Waals surface area contributed by atoms with Crippen molar-refractivity contribution in [3.05, 3.63) is 57.4 Å². The molecule has 0 fully saturated rings. The fourth-order valence-corrected chi connectivity index (χ4v) is 2.17. The maximum atomic E-state index is 13.4. The molecule has 0 saturated heterocycles. The van der Waals surface area contributed by atoms with E-state index in [4.69, 9.17) is 9.47 Å². The van der Waals surface area contributed by atoms with Crippen molar-refractivity contribution in [2.45, 2.75) is 6.54 Å². The molecule has 0 radical (unpaired) electrons.